The van der Waals surface area contributed by atoms with E-state index in [1.807, 2.05) is 0 Å². The third-order valence-corrected chi connectivity index (χ3v) is 4.46. The number of carboxylic acids is 1. The standard InChI is InChI=1S/C14H23NO3/c1-10-7-8-15(12(9-10)14(17)18)13(16)6-5-11-3-2-4-11/h10-12H,2-9H2,1H3,(H,17,18). The smallest absolute Gasteiger partial charge is 0.326 e. The largest absolute Gasteiger partial charge is 0.480 e. The van der Waals surface area contributed by atoms with E-state index in [9.17, 15) is 14.7 Å². The van der Waals surface area contributed by atoms with E-state index in [0.29, 0.717) is 31.2 Å². The van der Waals surface area contributed by atoms with Crippen LogP contribution >= 0.6 is 0 Å². The zero-order valence-electron chi connectivity index (χ0n) is 11.1. The van der Waals surface area contributed by atoms with Gasteiger partial charge >= 0.3 is 5.97 Å². The summed E-state index contributed by atoms with van der Waals surface area (Å²) in [6.45, 7) is 2.67. The number of carbonyl (C=O) groups is 2. The van der Waals surface area contributed by atoms with E-state index in [2.05, 4.69) is 6.92 Å². The van der Waals surface area contributed by atoms with Crippen LogP contribution in [0.4, 0.5) is 0 Å². The summed E-state index contributed by atoms with van der Waals surface area (Å²) < 4.78 is 0. The number of hydrogen-bond acceptors (Lipinski definition) is 2. The Bertz CT molecular complexity index is 325. The summed E-state index contributed by atoms with van der Waals surface area (Å²) in [6, 6.07) is -0.595. The second-order valence-corrected chi connectivity index (χ2v) is 5.91. The first kappa shape index (κ1) is 13.4. The Morgan fingerprint density at radius 2 is 2.00 bits per heavy atom. The highest BCUT2D eigenvalue weighted by molar-refractivity contribution is 5.83. The van der Waals surface area contributed by atoms with Crippen molar-refractivity contribution in [1.82, 2.24) is 4.90 Å². The highest BCUT2D eigenvalue weighted by Gasteiger charge is 2.34. The minimum atomic E-state index is -0.849. The molecule has 0 aromatic rings. The number of likely N-dealkylation sites (tertiary alicyclic amines) is 1. The molecule has 102 valence electrons. The van der Waals surface area contributed by atoms with E-state index in [0.717, 1.165) is 12.8 Å². The maximum atomic E-state index is 12.1. The Kier molecular flexibility index (Phi) is 4.25. The van der Waals surface area contributed by atoms with Gasteiger partial charge in [0.25, 0.3) is 0 Å². The number of amides is 1. The summed E-state index contributed by atoms with van der Waals surface area (Å²) in [5.74, 6) is 0.308. The van der Waals surface area contributed by atoms with Crippen LogP contribution in [-0.4, -0.2) is 34.5 Å². The van der Waals surface area contributed by atoms with E-state index in [-0.39, 0.29) is 5.91 Å². The van der Waals surface area contributed by atoms with Crippen LogP contribution in [0.15, 0.2) is 0 Å². The van der Waals surface area contributed by atoms with Crippen molar-refractivity contribution in [3.05, 3.63) is 0 Å². The van der Waals surface area contributed by atoms with Gasteiger partial charge in [-0.05, 0) is 31.1 Å². The molecule has 2 aliphatic rings. The van der Waals surface area contributed by atoms with E-state index in [1.165, 1.54) is 19.3 Å². The fourth-order valence-corrected chi connectivity index (χ4v) is 2.93. The second-order valence-electron chi connectivity index (χ2n) is 5.91. The molecule has 2 rings (SSSR count). The first-order chi connectivity index (χ1) is 8.58. The van der Waals surface area contributed by atoms with Crippen LogP contribution in [0.2, 0.25) is 0 Å². The van der Waals surface area contributed by atoms with Crippen molar-refractivity contribution in [2.24, 2.45) is 11.8 Å². The minimum absolute atomic E-state index is 0.0428. The number of nitrogens with zero attached hydrogens (tertiary/aromatic N) is 1. The number of hydrogen-bond donors (Lipinski definition) is 1. The molecule has 1 saturated heterocycles. The SMILES string of the molecule is CC1CCN(C(=O)CCC2CCC2)C(C(=O)O)C1. The topological polar surface area (TPSA) is 57.6 Å². The van der Waals surface area contributed by atoms with Crippen LogP contribution in [0.3, 0.4) is 0 Å². The Labute approximate surface area is 108 Å². The quantitative estimate of drug-likeness (QED) is 0.836. The van der Waals surface area contributed by atoms with Gasteiger partial charge in [0, 0.05) is 13.0 Å². The number of carbonyl (C=O) groups excluding carboxylic acids is 1. The van der Waals surface area contributed by atoms with Crippen LogP contribution in [0, 0.1) is 11.8 Å². The molecule has 0 radical (unpaired) electrons. The lowest BCUT2D eigenvalue weighted by atomic mass is 9.82. The molecule has 1 amide bonds. The number of carboxylic acid groups (broad SMARTS) is 1. The lowest BCUT2D eigenvalue weighted by Gasteiger charge is -2.36. The summed E-state index contributed by atoms with van der Waals surface area (Å²) in [4.78, 5) is 25.0. The Hall–Kier alpha value is -1.06. The zero-order chi connectivity index (χ0) is 13.1. The maximum Gasteiger partial charge on any atom is 0.326 e. The van der Waals surface area contributed by atoms with Crippen molar-refractivity contribution in [1.29, 1.82) is 0 Å². The summed E-state index contributed by atoms with van der Waals surface area (Å²) >= 11 is 0. The van der Waals surface area contributed by atoms with Crippen molar-refractivity contribution in [3.63, 3.8) is 0 Å². The van der Waals surface area contributed by atoms with E-state index >= 15 is 0 Å². The molecule has 1 saturated carbocycles. The highest BCUT2D eigenvalue weighted by atomic mass is 16.4. The molecule has 2 fully saturated rings. The Morgan fingerprint density at radius 3 is 2.56 bits per heavy atom. The molecule has 1 N–H and O–H groups in total. The van der Waals surface area contributed by atoms with Gasteiger partial charge < -0.3 is 10.0 Å². The van der Waals surface area contributed by atoms with Crippen molar-refractivity contribution in [2.75, 3.05) is 6.54 Å². The van der Waals surface area contributed by atoms with E-state index in [1.54, 1.807) is 4.90 Å². The first-order valence-corrected chi connectivity index (χ1v) is 7.10. The van der Waals surface area contributed by atoms with Gasteiger partial charge in [0.2, 0.25) is 5.91 Å². The third kappa shape index (κ3) is 3.03. The fraction of sp³-hybridized carbons (Fsp3) is 0.857. The molecule has 0 spiro atoms. The first-order valence-electron chi connectivity index (χ1n) is 7.10. The molecular formula is C14H23NO3. The van der Waals surface area contributed by atoms with Gasteiger partial charge in [-0.2, -0.15) is 0 Å². The monoisotopic (exact) mass is 253 g/mol. The predicted molar refractivity (Wildman–Crippen MR) is 68.1 cm³/mol. The Morgan fingerprint density at radius 1 is 1.28 bits per heavy atom. The molecule has 1 aliphatic heterocycles. The van der Waals surface area contributed by atoms with Crippen LogP contribution in [-0.2, 0) is 9.59 Å². The molecule has 18 heavy (non-hydrogen) atoms. The van der Waals surface area contributed by atoms with Gasteiger partial charge in [-0.25, -0.2) is 4.79 Å². The molecule has 1 aliphatic carbocycles. The normalized spacial score (nSPS) is 28.8. The van der Waals surface area contributed by atoms with E-state index in [4.69, 9.17) is 0 Å². The van der Waals surface area contributed by atoms with Gasteiger partial charge in [-0.15, -0.1) is 0 Å². The molecule has 4 nitrogen and oxygen atoms in total. The predicted octanol–water partition coefficient (Wildman–Crippen LogP) is 2.28. The summed E-state index contributed by atoms with van der Waals surface area (Å²) in [6.07, 6.45) is 6.78. The highest BCUT2D eigenvalue weighted by Crippen LogP contribution is 2.31. The van der Waals surface area contributed by atoms with Crippen molar-refractivity contribution >= 4 is 11.9 Å². The Balaban J connectivity index is 1.87. The van der Waals surface area contributed by atoms with Gasteiger partial charge in [-0.3, -0.25) is 4.79 Å². The van der Waals surface area contributed by atoms with Gasteiger partial charge in [-0.1, -0.05) is 26.2 Å². The zero-order valence-corrected chi connectivity index (χ0v) is 11.1. The van der Waals surface area contributed by atoms with Gasteiger partial charge in [0.15, 0.2) is 0 Å². The van der Waals surface area contributed by atoms with Crippen LogP contribution in [0.5, 0.6) is 0 Å². The molecule has 1 heterocycles. The number of aliphatic carboxylic acids is 1. The van der Waals surface area contributed by atoms with Crippen molar-refractivity contribution < 1.29 is 14.7 Å². The van der Waals surface area contributed by atoms with Crippen LogP contribution < -0.4 is 0 Å². The number of piperidine rings is 1. The molecule has 0 bridgehead atoms. The molecule has 4 heteroatoms. The van der Waals surface area contributed by atoms with Crippen LogP contribution in [0.25, 0.3) is 0 Å². The third-order valence-electron chi connectivity index (χ3n) is 4.46. The van der Waals surface area contributed by atoms with E-state index < -0.39 is 12.0 Å². The lowest BCUT2D eigenvalue weighted by molar-refractivity contribution is -0.153. The summed E-state index contributed by atoms with van der Waals surface area (Å²) in [5.41, 5.74) is 0. The average molecular weight is 253 g/mol. The maximum absolute atomic E-state index is 12.1. The molecule has 2 unspecified atom stereocenters. The van der Waals surface area contributed by atoms with Crippen LogP contribution in [0.1, 0.15) is 51.9 Å². The lowest BCUT2D eigenvalue weighted by Crippen LogP contribution is -2.49. The molecular weight excluding hydrogens is 230 g/mol. The molecule has 0 aromatic heterocycles. The molecule has 2 atom stereocenters. The second kappa shape index (κ2) is 5.72. The average Bonchev–Trinajstić information content (AvgIpc) is 2.26. The molecule has 0 aromatic carbocycles. The van der Waals surface area contributed by atoms with Gasteiger partial charge in [0.05, 0.1) is 0 Å². The fourth-order valence-electron chi connectivity index (χ4n) is 2.93. The summed E-state index contributed by atoms with van der Waals surface area (Å²) in [5, 5.41) is 9.22. The van der Waals surface area contributed by atoms with Gasteiger partial charge in [0.1, 0.15) is 6.04 Å². The number of rotatable bonds is 4. The summed E-state index contributed by atoms with van der Waals surface area (Å²) in [7, 11) is 0. The van der Waals surface area contributed by atoms with Crippen molar-refractivity contribution in [2.45, 2.75) is 57.9 Å². The van der Waals surface area contributed by atoms with Crippen molar-refractivity contribution in [3.8, 4) is 0 Å². The minimum Gasteiger partial charge on any atom is -0.480 e.